The van der Waals surface area contributed by atoms with Gasteiger partial charge in [-0.05, 0) is 109 Å². The zero-order valence-electron chi connectivity index (χ0n) is 31.8. The summed E-state index contributed by atoms with van der Waals surface area (Å²) in [6, 6.07) is 69.2. The van der Waals surface area contributed by atoms with Crippen molar-refractivity contribution in [1.29, 1.82) is 5.26 Å². The van der Waals surface area contributed by atoms with E-state index in [9.17, 15) is 5.26 Å². The van der Waals surface area contributed by atoms with E-state index in [4.69, 9.17) is 10.7 Å². The number of hydrogen-bond donors (Lipinski definition) is 1. The Morgan fingerprint density at radius 3 is 1.84 bits per heavy atom. The van der Waals surface area contributed by atoms with E-state index in [0.29, 0.717) is 17.8 Å². The molecule has 8 aromatic carbocycles. The number of hydrogen-bond acceptors (Lipinski definition) is 4. The number of allylic oxidation sites excluding steroid dienone is 1. The molecule has 0 aliphatic heterocycles. The van der Waals surface area contributed by atoms with Crippen LogP contribution in [0.4, 0.5) is 0 Å². The molecule has 0 fully saturated rings. The van der Waals surface area contributed by atoms with Gasteiger partial charge in [-0.2, -0.15) is 5.26 Å². The lowest BCUT2D eigenvalue weighted by molar-refractivity contribution is 1.07. The molecule has 1 heterocycles. The Balaban J connectivity index is 1.01. The van der Waals surface area contributed by atoms with Crippen LogP contribution in [0.15, 0.2) is 211 Å². The van der Waals surface area contributed by atoms with Crippen molar-refractivity contribution in [2.45, 2.75) is 6.54 Å². The number of nitrogens with zero attached hydrogens (tertiary/aromatic N) is 3. The molecule has 0 aliphatic carbocycles. The highest BCUT2D eigenvalue weighted by Gasteiger charge is 2.11. The van der Waals surface area contributed by atoms with Gasteiger partial charge >= 0.3 is 0 Å². The van der Waals surface area contributed by atoms with Crippen LogP contribution in [-0.4, -0.2) is 10.7 Å². The van der Waals surface area contributed by atoms with Gasteiger partial charge in [-0.25, -0.2) is 0 Å². The van der Waals surface area contributed by atoms with E-state index in [1.165, 1.54) is 0 Å². The topological polar surface area (TPSA) is 75.1 Å². The van der Waals surface area contributed by atoms with E-state index in [2.05, 4.69) is 138 Å². The van der Waals surface area contributed by atoms with Crippen LogP contribution in [0.2, 0.25) is 0 Å². The molecule has 4 nitrogen and oxygen atoms in total. The maximum atomic E-state index is 10.1. The lowest BCUT2D eigenvalue weighted by Crippen LogP contribution is -2.04. The summed E-state index contributed by atoms with van der Waals surface area (Å²) in [4.78, 5) is 9.66. The molecule has 0 atom stereocenters. The predicted molar refractivity (Wildman–Crippen MR) is 241 cm³/mol. The number of para-hydroxylation sites is 1. The zero-order chi connectivity index (χ0) is 39.3. The van der Waals surface area contributed by atoms with E-state index in [0.717, 1.165) is 88.6 Å². The van der Waals surface area contributed by atoms with E-state index in [-0.39, 0.29) is 0 Å². The van der Waals surface area contributed by atoms with Crippen LogP contribution in [-0.2, 0) is 6.54 Å². The highest BCUT2D eigenvalue weighted by molar-refractivity contribution is 6.12. The van der Waals surface area contributed by atoms with Crippen molar-refractivity contribution in [2.24, 2.45) is 10.7 Å². The number of aromatic nitrogens is 1. The summed E-state index contributed by atoms with van der Waals surface area (Å²) in [5.74, 6) is 0. The maximum Gasteiger partial charge on any atom is 0.0992 e. The van der Waals surface area contributed by atoms with Gasteiger partial charge in [-0.1, -0.05) is 158 Å². The SMILES string of the molecule is N#Cc1cc(-c2ccc(-c3cccc4cccnc34)cc2)cc(-c2ccc3ccc(-c4ccc(C(/C=C(\N)c5ccccc5)=N/Cc5ccccc5)cc4)cc3c2)c1. The average Bonchev–Trinajstić information content (AvgIpc) is 3.30. The van der Waals surface area contributed by atoms with Gasteiger partial charge in [0.25, 0.3) is 0 Å². The van der Waals surface area contributed by atoms with Crippen molar-refractivity contribution in [3.8, 4) is 50.6 Å². The fourth-order valence-corrected chi connectivity index (χ4v) is 7.49. The number of nitriles is 1. The number of fused-ring (bicyclic) bond motifs is 2. The molecule has 0 unspecified atom stereocenters. The Morgan fingerprint density at radius 1 is 0.517 bits per heavy atom. The van der Waals surface area contributed by atoms with Gasteiger partial charge < -0.3 is 5.73 Å². The lowest BCUT2D eigenvalue weighted by Gasteiger charge is -2.11. The van der Waals surface area contributed by atoms with Crippen LogP contribution in [0.3, 0.4) is 0 Å². The molecule has 0 bridgehead atoms. The van der Waals surface area contributed by atoms with E-state index < -0.39 is 0 Å². The number of rotatable bonds is 9. The summed E-state index contributed by atoms with van der Waals surface area (Å²) in [7, 11) is 0. The largest absolute Gasteiger partial charge is 0.398 e. The van der Waals surface area contributed by atoms with Crippen molar-refractivity contribution in [3.63, 3.8) is 0 Å². The van der Waals surface area contributed by atoms with Crippen molar-refractivity contribution in [2.75, 3.05) is 0 Å². The van der Waals surface area contributed by atoms with Gasteiger partial charge in [0.05, 0.1) is 29.4 Å². The molecule has 58 heavy (non-hydrogen) atoms. The van der Waals surface area contributed by atoms with Crippen molar-refractivity contribution >= 4 is 33.1 Å². The predicted octanol–water partition coefficient (Wildman–Crippen LogP) is 12.9. The monoisotopic (exact) mass is 742 g/mol. The molecule has 0 radical (unpaired) electrons. The molecule has 9 aromatic rings. The summed E-state index contributed by atoms with van der Waals surface area (Å²) >= 11 is 0. The first-order valence-corrected chi connectivity index (χ1v) is 19.3. The third-order valence-electron chi connectivity index (χ3n) is 10.6. The van der Waals surface area contributed by atoms with Crippen LogP contribution >= 0.6 is 0 Å². The summed E-state index contributed by atoms with van der Waals surface area (Å²) in [6.45, 7) is 0.554. The Bertz CT molecular complexity index is 3010. The van der Waals surface area contributed by atoms with Crippen LogP contribution in [0, 0.1) is 11.3 Å². The quantitative estimate of drug-likeness (QED) is 0.150. The fraction of sp³-hybridized carbons (Fsp3) is 0.0185. The average molecular weight is 743 g/mol. The normalized spacial score (nSPS) is 11.8. The van der Waals surface area contributed by atoms with Crippen LogP contribution in [0.25, 0.3) is 71.9 Å². The molecular weight excluding hydrogens is 705 g/mol. The van der Waals surface area contributed by atoms with E-state index in [1.807, 2.05) is 79.0 Å². The first kappa shape index (κ1) is 35.8. The minimum absolute atomic E-state index is 0.554. The molecular formula is C54H38N4. The smallest absolute Gasteiger partial charge is 0.0992 e. The molecule has 0 amide bonds. The lowest BCUT2D eigenvalue weighted by atomic mass is 9.93. The number of benzene rings is 8. The van der Waals surface area contributed by atoms with Crippen molar-refractivity contribution in [3.05, 3.63) is 229 Å². The Hall–Kier alpha value is -7.87. The summed E-state index contributed by atoms with van der Waals surface area (Å²) in [5.41, 5.74) is 21.3. The minimum atomic E-state index is 0.554. The fourth-order valence-electron chi connectivity index (χ4n) is 7.49. The second-order valence-electron chi connectivity index (χ2n) is 14.4. The van der Waals surface area contributed by atoms with Crippen LogP contribution < -0.4 is 5.73 Å². The second kappa shape index (κ2) is 16.1. The van der Waals surface area contributed by atoms with Gasteiger partial charge in [0.1, 0.15) is 0 Å². The highest BCUT2D eigenvalue weighted by Crippen LogP contribution is 2.34. The maximum absolute atomic E-state index is 10.1. The molecule has 0 spiro atoms. The first-order valence-electron chi connectivity index (χ1n) is 19.3. The minimum Gasteiger partial charge on any atom is -0.398 e. The first-order chi connectivity index (χ1) is 28.6. The second-order valence-corrected chi connectivity index (χ2v) is 14.4. The van der Waals surface area contributed by atoms with Crippen LogP contribution in [0.5, 0.6) is 0 Å². The molecule has 4 heteroatoms. The third kappa shape index (κ3) is 7.66. The number of pyridine rings is 1. The van der Waals surface area contributed by atoms with Crippen molar-refractivity contribution < 1.29 is 0 Å². The van der Waals surface area contributed by atoms with Crippen molar-refractivity contribution in [1.82, 2.24) is 4.98 Å². The van der Waals surface area contributed by atoms with Gasteiger partial charge in [0, 0.05) is 22.8 Å². The number of nitrogens with two attached hydrogens (primary N) is 1. The van der Waals surface area contributed by atoms with E-state index >= 15 is 0 Å². The molecule has 9 rings (SSSR count). The van der Waals surface area contributed by atoms with Gasteiger partial charge in [-0.15, -0.1) is 0 Å². The molecule has 0 aliphatic rings. The summed E-state index contributed by atoms with van der Waals surface area (Å²) < 4.78 is 0. The third-order valence-corrected chi connectivity index (χ3v) is 10.6. The Morgan fingerprint density at radius 2 is 1.12 bits per heavy atom. The van der Waals surface area contributed by atoms with Gasteiger partial charge in [-0.3, -0.25) is 9.98 Å². The van der Waals surface area contributed by atoms with Crippen LogP contribution in [0.1, 0.15) is 22.3 Å². The van der Waals surface area contributed by atoms with E-state index in [1.54, 1.807) is 0 Å². The molecule has 2 N–H and O–H groups in total. The van der Waals surface area contributed by atoms with Gasteiger partial charge in [0.2, 0.25) is 0 Å². The standard InChI is InChI=1S/C54H38N4/c55-35-38-29-48(40-16-22-42(23-17-40)51-15-7-13-45-14-8-28-57-54(45)51)33-49(30-38)47-27-21-41-20-26-46(31-50(41)32-47)39-18-24-44(25-19-39)53(58-36-37-9-3-1-4-10-37)34-52(56)43-11-5-2-6-12-43/h1-34H,36,56H2/b52-34-,58-53+. The number of aliphatic imine (C=N–C) groups is 1. The highest BCUT2D eigenvalue weighted by atomic mass is 14.7. The molecule has 274 valence electrons. The zero-order valence-corrected chi connectivity index (χ0v) is 31.8. The molecule has 0 saturated carbocycles. The molecule has 0 saturated heterocycles. The summed E-state index contributed by atoms with van der Waals surface area (Å²) in [5, 5.41) is 13.5. The Kier molecular flexibility index (Phi) is 9.93. The van der Waals surface area contributed by atoms with Gasteiger partial charge in [0.15, 0.2) is 0 Å². The Labute approximate surface area is 338 Å². The molecule has 1 aromatic heterocycles. The summed E-state index contributed by atoms with van der Waals surface area (Å²) in [6.07, 6.45) is 3.81.